The van der Waals surface area contributed by atoms with E-state index in [-0.39, 0.29) is 35.6 Å². The van der Waals surface area contributed by atoms with Crippen LogP contribution in [-0.2, 0) is 24.2 Å². The Bertz CT molecular complexity index is 1620. The van der Waals surface area contributed by atoms with Gasteiger partial charge in [0.1, 0.15) is 5.69 Å². The Morgan fingerprint density at radius 3 is 2.41 bits per heavy atom. The fourth-order valence-electron chi connectivity index (χ4n) is 4.68. The van der Waals surface area contributed by atoms with E-state index in [1.807, 2.05) is 47.4 Å². The number of hydrogen-bond acceptors (Lipinski definition) is 9. The van der Waals surface area contributed by atoms with Crippen molar-refractivity contribution in [3.63, 3.8) is 0 Å². The van der Waals surface area contributed by atoms with Gasteiger partial charge in [0.15, 0.2) is 9.84 Å². The molecule has 0 unspecified atom stereocenters. The van der Waals surface area contributed by atoms with Crippen LogP contribution in [0.15, 0.2) is 66.9 Å². The van der Waals surface area contributed by atoms with E-state index in [9.17, 15) is 22.8 Å². The Labute approximate surface area is 237 Å². The number of carbonyl (C=O) groups excluding carboxylic acids is 3. The lowest BCUT2D eigenvalue weighted by molar-refractivity contribution is -0.119. The molecule has 1 aromatic heterocycles. The Balaban J connectivity index is 1.39. The summed E-state index contributed by atoms with van der Waals surface area (Å²) in [6.07, 6.45) is 1.47. The summed E-state index contributed by atoms with van der Waals surface area (Å²) in [5.74, 6) is -0.963. The Kier molecular flexibility index (Phi) is 7.86. The third-order valence-corrected chi connectivity index (χ3v) is 8.66. The van der Waals surface area contributed by atoms with Gasteiger partial charge in [-0.2, -0.15) is 0 Å². The zero-order valence-electron chi connectivity index (χ0n) is 22.6. The maximum Gasteiger partial charge on any atom is 0.356 e. The molecule has 2 aliphatic rings. The maximum absolute atomic E-state index is 13.2. The molecule has 0 saturated carbocycles. The van der Waals surface area contributed by atoms with Crippen molar-refractivity contribution in [3.05, 3.63) is 83.7 Å². The lowest BCUT2D eigenvalue weighted by Crippen LogP contribution is -2.45. The molecule has 2 aliphatic heterocycles. The second-order valence-electron chi connectivity index (χ2n) is 9.73. The summed E-state index contributed by atoms with van der Waals surface area (Å²) in [6.45, 7) is 0.826. The number of carbonyl (C=O) groups is 3. The molecule has 2 amide bonds. The molecular formula is C29H29N5O6S. The van der Waals surface area contributed by atoms with Crippen molar-refractivity contribution in [3.8, 4) is 0 Å². The Hall–Kier alpha value is -4.55. The average Bonchev–Trinajstić information content (AvgIpc) is 3.31. The van der Waals surface area contributed by atoms with E-state index in [4.69, 9.17) is 4.74 Å². The van der Waals surface area contributed by atoms with Crippen molar-refractivity contribution >= 4 is 56.0 Å². The zero-order chi connectivity index (χ0) is 29.1. The van der Waals surface area contributed by atoms with Crippen LogP contribution in [0.1, 0.15) is 21.6 Å². The number of methoxy groups -OCH3 is 1. The summed E-state index contributed by atoms with van der Waals surface area (Å²) in [5.41, 5.74) is 4.12. The van der Waals surface area contributed by atoms with E-state index in [0.29, 0.717) is 47.0 Å². The van der Waals surface area contributed by atoms with E-state index in [2.05, 4.69) is 15.6 Å². The van der Waals surface area contributed by atoms with Gasteiger partial charge in [-0.15, -0.1) is 0 Å². The molecule has 2 N–H and O–H groups in total. The van der Waals surface area contributed by atoms with Gasteiger partial charge in [0.2, 0.25) is 5.91 Å². The molecule has 5 rings (SSSR count). The van der Waals surface area contributed by atoms with Gasteiger partial charge in [0.05, 0.1) is 42.1 Å². The molecular weight excluding hydrogens is 546 g/mol. The molecule has 0 atom stereocenters. The number of sulfone groups is 1. The van der Waals surface area contributed by atoms with Crippen LogP contribution in [0.2, 0.25) is 0 Å². The number of nitrogens with zero attached hydrogens (tertiary/aromatic N) is 3. The third kappa shape index (κ3) is 6.13. The molecule has 3 heterocycles. The number of rotatable bonds is 7. The molecule has 212 valence electrons. The first kappa shape index (κ1) is 28.0. The van der Waals surface area contributed by atoms with Crippen LogP contribution >= 0.6 is 0 Å². The molecule has 3 aromatic rings. The molecule has 1 fully saturated rings. The quantitative estimate of drug-likeness (QED) is 0.321. The molecule has 0 bridgehead atoms. The number of benzene rings is 2. The monoisotopic (exact) mass is 575 g/mol. The van der Waals surface area contributed by atoms with Gasteiger partial charge in [-0.05, 0) is 35.9 Å². The average molecular weight is 576 g/mol. The van der Waals surface area contributed by atoms with Gasteiger partial charge in [-0.3, -0.25) is 14.5 Å². The van der Waals surface area contributed by atoms with Crippen molar-refractivity contribution in [2.24, 2.45) is 0 Å². The van der Waals surface area contributed by atoms with Gasteiger partial charge in [0, 0.05) is 43.3 Å². The number of ether oxygens (including phenoxy) is 1. The zero-order valence-corrected chi connectivity index (χ0v) is 23.4. The first-order valence-electron chi connectivity index (χ1n) is 12.9. The number of amides is 2. The van der Waals surface area contributed by atoms with Crippen molar-refractivity contribution < 1.29 is 27.5 Å². The standard InChI is InChI=1S/C29H29N5O6S/c1-33(25(35)18-34-12-14-41(38,39)15-13-34)21-10-8-20(9-11-21)31-27(19-6-4-3-5-7-19)26-22-17-30-24(29(37)40-2)16-23(22)32-28(26)36/h3-11,16-17,31H,12-15,18H2,1-2H3,(H,32,36). The highest BCUT2D eigenvalue weighted by Gasteiger charge is 2.30. The molecule has 41 heavy (non-hydrogen) atoms. The highest BCUT2D eigenvalue weighted by Crippen LogP contribution is 2.37. The van der Waals surface area contributed by atoms with E-state index in [1.165, 1.54) is 24.3 Å². The smallest absolute Gasteiger partial charge is 0.356 e. The van der Waals surface area contributed by atoms with Crippen molar-refractivity contribution in [2.75, 3.05) is 60.8 Å². The van der Waals surface area contributed by atoms with Crippen LogP contribution in [0.3, 0.4) is 0 Å². The number of likely N-dealkylation sites (N-methyl/N-ethyl adjacent to an activating group) is 1. The number of fused-ring (bicyclic) bond motifs is 1. The van der Waals surface area contributed by atoms with Gasteiger partial charge < -0.3 is 20.3 Å². The molecule has 11 nitrogen and oxygen atoms in total. The SMILES string of the molecule is COC(=O)c1cc2c(cn1)C(=C(Nc1ccc(N(C)C(=O)CN3CCS(=O)(=O)CC3)cc1)c1ccccc1)C(=O)N2. The van der Waals surface area contributed by atoms with Crippen LogP contribution in [-0.4, -0.2) is 81.4 Å². The van der Waals surface area contributed by atoms with Crippen molar-refractivity contribution in [2.45, 2.75) is 0 Å². The summed E-state index contributed by atoms with van der Waals surface area (Å²) in [7, 11) is -0.0725. The second kappa shape index (κ2) is 11.5. The van der Waals surface area contributed by atoms with Gasteiger partial charge >= 0.3 is 5.97 Å². The minimum atomic E-state index is -3.02. The summed E-state index contributed by atoms with van der Waals surface area (Å²) < 4.78 is 28.1. The summed E-state index contributed by atoms with van der Waals surface area (Å²) >= 11 is 0. The van der Waals surface area contributed by atoms with Crippen LogP contribution in [0.25, 0.3) is 11.3 Å². The number of esters is 1. The molecule has 0 spiro atoms. The first-order chi connectivity index (χ1) is 19.6. The van der Waals surface area contributed by atoms with Crippen molar-refractivity contribution in [1.82, 2.24) is 9.88 Å². The highest BCUT2D eigenvalue weighted by atomic mass is 32.2. The number of pyridine rings is 1. The van der Waals surface area contributed by atoms with Gasteiger partial charge in [-0.25, -0.2) is 18.2 Å². The number of aromatic nitrogens is 1. The summed E-state index contributed by atoms with van der Waals surface area (Å²) in [4.78, 5) is 45.5. The topological polar surface area (TPSA) is 138 Å². The van der Waals surface area contributed by atoms with Crippen LogP contribution in [0.5, 0.6) is 0 Å². The largest absolute Gasteiger partial charge is 0.464 e. The lowest BCUT2D eigenvalue weighted by Gasteiger charge is -2.28. The predicted molar refractivity (Wildman–Crippen MR) is 156 cm³/mol. The predicted octanol–water partition coefficient (Wildman–Crippen LogP) is 2.49. The first-order valence-corrected chi connectivity index (χ1v) is 14.7. The molecule has 2 aromatic carbocycles. The van der Waals surface area contributed by atoms with Crippen LogP contribution in [0.4, 0.5) is 17.1 Å². The summed E-state index contributed by atoms with van der Waals surface area (Å²) in [5, 5.41) is 6.17. The molecule has 1 saturated heterocycles. The maximum atomic E-state index is 13.2. The van der Waals surface area contributed by atoms with E-state index < -0.39 is 15.8 Å². The summed E-state index contributed by atoms with van der Waals surface area (Å²) in [6, 6.07) is 18.1. The number of anilines is 3. The number of nitrogens with one attached hydrogen (secondary N) is 2. The second-order valence-corrected chi connectivity index (χ2v) is 12.0. The normalized spacial score (nSPS) is 17.3. The van der Waals surface area contributed by atoms with Crippen LogP contribution in [0, 0.1) is 0 Å². The Morgan fingerprint density at radius 1 is 1.07 bits per heavy atom. The molecule has 0 aliphatic carbocycles. The fourth-order valence-corrected chi connectivity index (χ4v) is 5.95. The Morgan fingerprint density at radius 2 is 1.76 bits per heavy atom. The molecule has 0 radical (unpaired) electrons. The van der Waals surface area contributed by atoms with Gasteiger partial charge in [-0.1, -0.05) is 30.3 Å². The number of hydrogen-bond donors (Lipinski definition) is 2. The van der Waals surface area contributed by atoms with E-state index >= 15 is 0 Å². The van der Waals surface area contributed by atoms with Gasteiger partial charge in [0.25, 0.3) is 5.91 Å². The lowest BCUT2D eigenvalue weighted by atomic mass is 10.0. The van der Waals surface area contributed by atoms with Crippen molar-refractivity contribution in [1.29, 1.82) is 0 Å². The van der Waals surface area contributed by atoms with Crippen LogP contribution < -0.4 is 15.5 Å². The van der Waals surface area contributed by atoms with E-state index in [0.717, 1.165) is 5.56 Å². The minimum Gasteiger partial charge on any atom is -0.464 e. The third-order valence-electron chi connectivity index (χ3n) is 7.05. The fraction of sp³-hybridized carbons (Fsp3) is 0.241. The molecule has 12 heteroatoms. The van der Waals surface area contributed by atoms with E-state index in [1.54, 1.807) is 19.2 Å². The highest BCUT2D eigenvalue weighted by molar-refractivity contribution is 7.91. The minimum absolute atomic E-state index is 0.0641.